The van der Waals surface area contributed by atoms with Crippen molar-refractivity contribution in [2.75, 3.05) is 0 Å². The smallest absolute Gasteiger partial charge is 0.229 e. The van der Waals surface area contributed by atoms with E-state index < -0.39 is 0 Å². The average Bonchev–Trinajstić information content (AvgIpc) is 3.17. The fourth-order valence-electron chi connectivity index (χ4n) is 2.71. The van der Waals surface area contributed by atoms with Crippen molar-refractivity contribution in [3.63, 3.8) is 0 Å². The third-order valence-electron chi connectivity index (χ3n) is 3.83. The first kappa shape index (κ1) is 15.5. The van der Waals surface area contributed by atoms with Crippen molar-refractivity contribution in [3.8, 4) is 0 Å². The van der Waals surface area contributed by atoms with Gasteiger partial charge in [0.1, 0.15) is 0 Å². The Morgan fingerprint density at radius 2 is 1.95 bits per heavy atom. The minimum atomic E-state index is 0.0413. The van der Waals surface area contributed by atoms with Crippen LogP contribution in [-0.4, -0.2) is 30.4 Å². The monoisotopic (exact) mass is 322 g/mol. The highest BCUT2D eigenvalue weighted by Gasteiger charge is 2.24. The van der Waals surface area contributed by atoms with E-state index >= 15 is 0 Å². The van der Waals surface area contributed by atoms with Gasteiger partial charge in [-0.2, -0.15) is 0 Å². The van der Waals surface area contributed by atoms with Crippen LogP contribution in [0.4, 0.5) is 0 Å². The molecule has 1 atom stereocenters. The van der Waals surface area contributed by atoms with Crippen molar-refractivity contribution in [1.29, 1.82) is 0 Å². The summed E-state index contributed by atoms with van der Waals surface area (Å²) in [5, 5.41) is 21.3. The molecule has 1 aliphatic carbocycles. The second-order valence-electron chi connectivity index (χ2n) is 6.24. The van der Waals surface area contributed by atoms with Gasteiger partial charge in [-0.3, -0.25) is 0 Å². The molecule has 0 aromatic carbocycles. The molecule has 0 bridgehead atoms. The molecular formula is C14H22N6OS. The Kier molecular flexibility index (Phi) is 4.75. The number of tetrazole rings is 1. The van der Waals surface area contributed by atoms with E-state index in [2.05, 4.69) is 39.6 Å². The number of hydrogen-bond acceptors (Lipinski definition) is 7. The van der Waals surface area contributed by atoms with Gasteiger partial charge in [0, 0.05) is 6.42 Å². The van der Waals surface area contributed by atoms with E-state index in [4.69, 9.17) is 4.42 Å². The zero-order valence-corrected chi connectivity index (χ0v) is 14.1. The van der Waals surface area contributed by atoms with Crippen LogP contribution < -0.4 is 0 Å². The summed E-state index contributed by atoms with van der Waals surface area (Å²) in [4.78, 5) is 0. The highest BCUT2D eigenvalue weighted by molar-refractivity contribution is 7.99. The maximum atomic E-state index is 5.75. The topological polar surface area (TPSA) is 82.5 Å². The van der Waals surface area contributed by atoms with Gasteiger partial charge in [-0.1, -0.05) is 38.5 Å². The van der Waals surface area contributed by atoms with Gasteiger partial charge < -0.3 is 4.42 Å². The molecule has 7 nitrogen and oxygen atoms in total. The van der Waals surface area contributed by atoms with Crippen molar-refractivity contribution in [1.82, 2.24) is 30.4 Å². The molecule has 2 heterocycles. The Labute approximate surface area is 134 Å². The molecule has 1 fully saturated rings. The van der Waals surface area contributed by atoms with E-state index in [0.29, 0.717) is 23.7 Å². The van der Waals surface area contributed by atoms with Crippen molar-refractivity contribution >= 4 is 11.8 Å². The number of nitrogens with zero attached hydrogens (tertiary/aromatic N) is 6. The normalized spacial score (nSPS) is 17.5. The zero-order chi connectivity index (χ0) is 15.5. The fourth-order valence-corrected chi connectivity index (χ4v) is 3.60. The first-order valence-electron chi connectivity index (χ1n) is 7.90. The molecule has 0 radical (unpaired) electrons. The molecule has 3 rings (SSSR count). The molecule has 0 spiro atoms. The number of thioether (sulfide) groups is 1. The maximum Gasteiger partial charge on any atom is 0.229 e. The SMILES string of the molecule is CC(C)Cc1nnc([C@H](C)Sc2nnnn2C2CCCC2)o1. The lowest BCUT2D eigenvalue weighted by molar-refractivity contribution is 0.418. The summed E-state index contributed by atoms with van der Waals surface area (Å²) >= 11 is 1.58. The highest BCUT2D eigenvalue weighted by atomic mass is 32.2. The van der Waals surface area contributed by atoms with Crippen LogP contribution in [0.3, 0.4) is 0 Å². The Morgan fingerprint density at radius 1 is 1.18 bits per heavy atom. The second kappa shape index (κ2) is 6.76. The van der Waals surface area contributed by atoms with E-state index in [1.165, 1.54) is 12.8 Å². The molecule has 120 valence electrons. The standard InChI is InChI=1S/C14H22N6OS/c1-9(2)8-12-15-16-13(21-12)10(3)22-14-17-18-19-20(14)11-6-4-5-7-11/h9-11H,4-8H2,1-3H3/t10-/m0/s1. The van der Waals surface area contributed by atoms with Crippen LogP contribution in [0.1, 0.15) is 69.5 Å². The van der Waals surface area contributed by atoms with E-state index in [-0.39, 0.29) is 5.25 Å². The van der Waals surface area contributed by atoms with Crippen LogP contribution in [0, 0.1) is 5.92 Å². The van der Waals surface area contributed by atoms with Crippen LogP contribution in [0.25, 0.3) is 0 Å². The molecule has 0 N–H and O–H groups in total. The molecule has 0 saturated heterocycles. The summed E-state index contributed by atoms with van der Waals surface area (Å²) in [5.41, 5.74) is 0. The summed E-state index contributed by atoms with van der Waals surface area (Å²) < 4.78 is 7.71. The van der Waals surface area contributed by atoms with Gasteiger partial charge in [0.15, 0.2) is 0 Å². The molecule has 22 heavy (non-hydrogen) atoms. The molecular weight excluding hydrogens is 300 g/mol. The van der Waals surface area contributed by atoms with E-state index in [1.807, 2.05) is 11.6 Å². The highest BCUT2D eigenvalue weighted by Crippen LogP contribution is 2.36. The van der Waals surface area contributed by atoms with Crippen molar-refractivity contribution in [2.24, 2.45) is 5.92 Å². The third kappa shape index (κ3) is 3.48. The molecule has 2 aromatic rings. The Balaban J connectivity index is 1.67. The largest absolute Gasteiger partial charge is 0.424 e. The lowest BCUT2D eigenvalue weighted by Gasteiger charge is -2.12. The second-order valence-corrected chi connectivity index (χ2v) is 7.54. The predicted molar refractivity (Wildman–Crippen MR) is 82.4 cm³/mol. The summed E-state index contributed by atoms with van der Waals surface area (Å²) in [6.07, 6.45) is 5.64. The van der Waals surface area contributed by atoms with Crippen LogP contribution in [-0.2, 0) is 6.42 Å². The quantitative estimate of drug-likeness (QED) is 0.755. The van der Waals surface area contributed by atoms with Gasteiger partial charge in [-0.25, -0.2) is 4.68 Å². The molecule has 8 heteroatoms. The minimum Gasteiger partial charge on any atom is -0.424 e. The van der Waals surface area contributed by atoms with E-state index in [9.17, 15) is 0 Å². The van der Waals surface area contributed by atoms with Crippen LogP contribution in [0.15, 0.2) is 9.57 Å². The third-order valence-corrected chi connectivity index (χ3v) is 4.86. The van der Waals surface area contributed by atoms with Gasteiger partial charge >= 0.3 is 0 Å². The first-order chi connectivity index (χ1) is 10.6. The van der Waals surface area contributed by atoms with Gasteiger partial charge in [0.25, 0.3) is 0 Å². The lowest BCUT2D eigenvalue weighted by atomic mass is 10.1. The zero-order valence-electron chi connectivity index (χ0n) is 13.3. The van der Waals surface area contributed by atoms with Crippen LogP contribution >= 0.6 is 11.8 Å². The van der Waals surface area contributed by atoms with Crippen LogP contribution in [0.2, 0.25) is 0 Å². The first-order valence-corrected chi connectivity index (χ1v) is 8.78. The molecule has 1 saturated carbocycles. The summed E-state index contributed by atoms with van der Waals surface area (Å²) in [7, 11) is 0. The number of rotatable bonds is 6. The average molecular weight is 322 g/mol. The molecule has 0 amide bonds. The van der Waals surface area contributed by atoms with Gasteiger partial charge in [-0.15, -0.1) is 15.3 Å². The lowest BCUT2D eigenvalue weighted by Crippen LogP contribution is -2.08. The Bertz CT molecular complexity index is 604. The molecule has 1 aliphatic rings. The Morgan fingerprint density at radius 3 is 2.68 bits per heavy atom. The summed E-state index contributed by atoms with van der Waals surface area (Å²) in [6, 6.07) is 0.434. The number of hydrogen-bond donors (Lipinski definition) is 0. The molecule has 0 unspecified atom stereocenters. The van der Waals surface area contributed by atoms with E-state index in [1.54, 1.807) is 11.8 Å². The van der Waals surface area contributed by atoms with E-state index in [0.717, 1.165) is 24.4 Å². The van der Waals surface area contributed by atoms with Gasteiger partial charge in [0.2, 0.25) is 16.9 Å². The fraction of sp³-hybridized carbons (Fsp3) is 0.786. The predicted octanol–water partition coefficient (Wildman–Crippen LogP) is 3.22. The Hall–Kier alpha value is -1.44. The summed E-state index contributed by atoms with van der Waals surface area (Å²) in [6.45, 7) is 6.32. The minimum absolute atomic E-state index is 0.0413. The molecule has 2 aromatic heterocycles. The van der Waals surface area contributed by atoms with Gasteiger partial charge in [0.05, 0.1) is 11.3 Å². The summed E-state index contributed by atoms with van der Waals surface area (Å²) in [5.74, 6) is 1.85. The van der Waals surface area contributed by atoms with Gasteiger partial charge in [-0.05, 0) is 36.1 Å². The number of aromatic nitrogens is 6. The van der Waals surface area contributed by atoms with Crippen LogP contribution in [0.5, 0.6) is 0 Å². The maximum absolute atomic E-state index is 5.75. The van der Waals surface area contributed by atoms with Crippen molar-refractivity contribution in [3.05, 3.63) is 11.8 Å². The van der Waals surface area contributed by atoms with Crippen molar-refractivity contribution < 1.29 is 4.42 Å². The van der Waals surface area contributed by atoms with Crippen molar-refractivity contribution in [2.45, 2.75) is 69.3 Å². The molecule has 0 aliphatic heterocycles.